The second kappa shape index (κ2) is 6.72. The van der Waals surface area contributed by atoms with E-state index in [9.17, 15) is 9.90 Å². The molecule has 110 valence electrons. The summed E-state index contributed by atoms with van der Waals surface area (Å²) in [5.41, 5.74) is 3.52. The van der Waals surface area contributed by atoms with Gasteiger partial charge in [0, 0.05) is 13.0 Å². The number of carbonyl (C=O) groups excluding carboxylic acids is 1. The summed E-state index contributed by atoms with van der Waals surface area (Å²) in [4.78, 5) is 17.1. The number of amides is 1. The van der Waals surface area contributed by atoms with Crippen molar-refractivity contribution in [3.63, 3.8) is 0 Å². The Kier molecular flexibility index (Phi) is 4.98. The SMILES string of the molecule is CC(C)c1ccc(C(=O)NO[C@H]2CCCCO2)c(O)c1. The Morgan fingerprint density at radius 1 is 1.45 bits per heavy atom. The number of carbonyl (C=O) groups is 1. The van der Waals surface area contributed by atoms with E-state index >= 15 is 0 Å². The van der Waals surface area contributed by atoms with Gasteiger partial charge in [0.25, 0.3) is 5.91 Å². The smallest absolute Gasteiger partial charge is 0.278 e. The summed E-state index contributed by atoms with van der Waals surface area (Å²) < 4.78 is 5.35. The van der Waals surface area contributed by atoms with E-state index in [0.29, 0.717) is 12.5 Å². The van der Waals surface area contributed by atoms with Gasteiger partial charge in [-0.25, -0.2) is 10.3 Å². The number of benzene rings is 1. The molecular weight excluding hydrogens is 258 g/mol. The van der Waals surface area contributed by atoms with Crippen LogP contribution in [0.4, 0.5) is 0 Å². The maximum atomic E-state index is 11.9. The molecule has 1 heterocycles. The lowest BCUT2D eigenvalue weighted by Crippen LogP contribution is -2.33. The topological polar surface area (TPSA) is 67.8 Å². The minimum absolute atomic E-state index is 0.0399. The fourth-order valence-corrected chi connectivity index (χ4v) is 2.08. The van der Waals surface area contributed by atoms with Crippen molar-refractivity contribution in [2.45, 2.75) is 45.3 Å². The highest BCUT2D eigenvalue weighted by Gasteiger charge is 2.18. The van der Waals surface area contributed by atoms with Gasteiger partial charge in [0.1, 0.15) is 5.75 Å². The van der Waals surface area contributed by atoms with Crippen LogP contribution in [0.3, 0.4) is 0 Å². The third kappa shape index (κ3) is 3.71. The molecule has 1 aromatic carbocycles. The zero-order chi connectivity index (χ0) is 14.5. The summed E-state index contributed by atoms with van der Waals surface area (Å²) in [6.45, 7) is 4.70. The van der Waals surface area contributed by atoms with E-state index in [0.717, 1.165) is 24.8 Å². The van der Waals surface area contributed by atoms with E-state index < -0.39 is 12.2 Å². The Hall–Kier alpha value is -1.59. The second-order valence-electron chi connectivity index (χ2n) is 5.28. The maximum Gasteiger partial charge on any atom is 0.278 e. The molecule has 1 amide bonds. The molecule has 0 bridgehead atoms. The number of phenols is 1. The van der Waals surface area contributed by atoms with E-state index in [1.165, 1.54) is 0 Å². The highest BCUT2D eigenvalue weighted by molar-refractivity contribution is 5.96. The van der Waals surface area contributed by atoms with Gasteiger partial charge in [-0.2, -0.15) is 0 Å². The zero-order valence-corrected chi connectivity index (χ0v) is 11.9. The van der Waals surface area contributed by atoms with Crippen molar-refractivity contribution in [3.05, 3.63) is 29.3 Å². The van der Waals surface area contributed by atoms with Crippen molar-refractivity contribution in [1.29, 1.82) is 0 Å². The number of hydrogen-bond acceptors (Lipinski definition) is 4. The van der Waals surface area contributed by atoms with Gasteiger partial charge in [0.2, 0.25) is 0 Å². The van der Waals surface area contributed by atoms with Crippen LogP contribution in [-0.4, -0.2) is 23.9 Å². The molecule has 1 saturated heterocycles. The van der Waals surface area contributed by atoms with Gasteiger partial charge in [-0.3, -0.25) is 4.79 Å². The molecule has 5 heteroatoms. The Morgan fingerprint density at radius 3 is 2.85 bits per heavy atom. The van der Waals surface area contributed by atoms with Crippen LogP contribution < -0.4 is 5.48 Å². The fourth-order valence-electron chi connectivity index (χ4n) is 2.08. The Labute approximate surface area is 118 Å². The summed E-state index contributed by atoms with van der Waals surface area (Å²) in [6, 6.07) is 5.04. The number of hydroxylamine groups is 1. The van der Waals surface area contributed by atoms with Gasteiger partial charge in [-0.1, -0.05) is 19.9 Å². The van der Waals surface area contributed by atoms with Crippen molar-refractivity contribution in [2.75, 3.05) is 6.61 Å². The van der Waals surface area contributed by atoms with Crippen molar-refractivity contribution in [1.82, 2.24) is 5.48 Å². The van der Waals surface area contributed by atoms with Gasteiger partial charge in [0.15, 0.2) is 6.29 Å². The van der Waals surface area contributed by atoms with E-state index in [-0.39, 0.29) is 11.3 Å². The van der Waals surface area contributed by atoms with Crippen molar-refractivity contribution < 1.29 is 19.5 Å². The zero-order valence-electron chi connectivity index (χ0n) is 11.9. The fraction of sp³-hybridized carbons (Fsp3) is 0.533. The van der Waals surface area contributed by atoms with E-state index in [2.05, 4.69) is 5.48 Å². The molecular formula is C15H21NO4. The summed E-state index contributed by atoms with van der Waals surface area (Å²) in [6.07, 6.45) is 2.41. The lowest BCUT2D eigenvalue weighted by Gasteiger charge is -2.22. The standard InChI is InChI=1S/C15H21NO4/c1-10(2)11-6-7-12(13(17)9-11)15(18)16-20-14-5-3-4-8-19-14/h6-7,9-10,14,17H,3-5,8H2,1-2H3,(H,16,18)/t14-/m0/s1. The van der Waals surface area contributed by atoms with Crippen molar-refractivity contribution >= 4 is 5.91 Å². The van der Waals surface area contributed by atoms with Crippen LogP contribution in [0.5, 0.6) is 5.75 Å². The average molecular weight is 279 g/mol. The van der Waals surface area contributed by atoms with Crippen LogP contribution in [0, 0.1) is 0 Å². The van der Waals surface area contributed by atoms with Gasteiger partial charge in [-0.15, -0.1) is 0 Å². The highest BCUT2D eigenvalue weighted by atomic mass is 16.8. The van der Waals surface area contributed by atoms with Crippen LogP contribution in [-0.2, 0) is 9.57 Å². The average Bonchev–Trinajstić information content (AvgIpc) is 2.45. The molecule has 1 aliphatic rings. The first-order chi connectivity index (χ1) is 9.58. The number of hydrogen-bond donors (Lipinski definition) is 2. The van der Waals surface area contributed by atoms with Gasteiger partial charge < -0.3 is 9.84 Å². The first-order valence-electron chi connectivity index (χ1n) is 6.98. The molecule has 0 aromatic heterocycles. The number of rotatable bonds is 4. The van der Waals surface area contributed by atoms with Crippen LogP contribution in [0.15, 0.2) is 18.2 Å². The Morgan fingerprint density at radius 2 is 2.25 bits per heavy atom. The summed E-state index contributed by atoms with van der Waals surface area (Å²) in [5, 5.41) is 9.90. The molecule has 0 radical (unpaired) electrons. The molecule has 20 heavy (non-hydrogen) atoms. The minimum atomic E-state index is -0.466. The predicted molar refractivity (Wildman–Crippen MR) is 74.3 cm³/mol. The van der Waals surface area contributed by atoms with Crippen molar-refractivity contribution in [3.8, 4) is 5.75 Å². The van der Waals surface area contributed by atoms with Crippen LogP contribution in [0.2, 0.25) is 0 Å². The first kappa shape index (κ1) is 14.8. The summed E-state index contributed by atoms with van der Waals surface area (Å²) in [7, 11) is 0. The maximum absolute atomic E-state index is 11.9. The van der Waals surface area contributed by atoms with Crippen LogP contribution >= 0.6 is 0 Å². The third-order valence-corrected chi connectivity index (χ3v) is 3.35. The molecule has 0 spiro atoms. The van der Waals surface area contributed by atoms with Gasteiger partial charge in [-0.05, 0) is 36.5 Å². The van der Waals surface area contributed by atoms with Crippen LogP contribution in [0.1, 0.15) is 54.9 Å². The van der Waals surface area contributed by atoms with Crippen molar-refractivity contribution in [2.24, 2.45) is 0 Å². The molecule has 0 aliphatic carbocycles. The summed E-state index contributed by atoms with van der Waals surface area (Å²) >= 11 is 0. The molecule has 0 unspecified atom stereocenters. The molecule has 1 fully saturated rings. The molecule has 2 N–H and O–H groups in total. The lowest BCUT2D eigenvalue weighted by atomic mass is 10.0. The predicted octanol–water partition coefficient (Wildman–Crippen LogP) is 2.70. The molecule has 1 aliphatic heterocycles. The van der Waals surface area contributed by atoms with Gasteiger partial charge >= 0.3 is 0 Å². The second-order valence-corrected chi connectivity index (χ2v) is 5.28. The molecule has 0 saturated carbocycles. The molecule has 1 aromatic rings. The normalized spacial score (nSPS) is 19.1. The summed E-state index contributed by atoms with van der Waals surface area (Å²) in [5.74, 6) is -0.209. The van der Waals surface area contributed by atoms with E-state index in [1.54, 1.807) is 12.1 Å². The largest absolute Gasteiger partial charge is 0.507 e. The number of ether oxygens (including phenoxy) is 1. The number of nitrogens with one attached hydrogen (secondary N) is 1. The van der Waals surface area contributed by atoms with E-state index in [1.807, 2.05) is 19.9 Å². The molecule has 2 rings (SSSR count). The van der Waals surface area contributed by atoms with Gasteiger partial charge in [0.05, 0.1) is 5.56 Å². The van der Waals surface area contributed by atoms with E-state index in [4.69, 9.17) is 9.57 Å². The Bertz CT molecular complexity index is 467. The lowest BCUT2D eigenvalue weighted by molar-refractivity contribution is -0.186. The Balaban J connectivity index is 1.94. The monoisotopic (exact) mass is 279 g/mol. The quantitative estimate of drug-likeness (QED) is 0.832. The molecule has 5 nitrogen and oxygen atoms in total. The number of aromatic hydroxyl groups is 1. The third-order valence-electron chi connectivity index (χ3n) is 3.35. The number of phenolic OH excluding ortho intramolecular Hbond substituents is 1. The molecule has 1 atom stereocenters. The van der Waals surface area contributed by atoms with Crippen LogP contribution in [0.25, 0.3) is 0 Å². The minimum Gasteiger partial charge on any atom is -0.507 e. The first-order valence-corrected chi connectivity index (χ1v) is 6.98. The highest BCUT2D eigenvalue weighted by Crippen LogP contribution is 2.23.